The maximum Gasteiger partial charge on any atom is 0.329 e. The number of amides is 3. The molecule has 8 heteroatoms. The van der Waals surface area contributed by atoms with Crippen LogP contribution in [0.15, 0.2) is 24.3 Å². The van der Waals surface area contributed by atoms with Gasteiger partial charge in [0.05, 0.1) is 11.1 Å². The third kappa shape index (κ3) is 5.13. The van der Waals surface area contributed by atoms with E-state index in [4.69, 9.17) is 4.74 Å². The fraction of sp³-hybridized carbons (Fsp3) is 0.500. The smallest absolute Gasteiger partial charge is 0.329 e. The van der Waals surface area contributed by atoms with Gasteiger partial charge in [0.2, 0.25) is 0 Å². The molecule has 0 unspecified atom stereocenters. The van der Waals surface area contributed by atoms with Gasteiger partial charge in [-0.05, 0) is 43.9 Å². The largest absolute Gasteiger partial charge is 0.454 e. The van der Waals surface area contributed by atoms with Crippen molar-refractivity contribution in [2.45, 2.75) is 45.2 Å². The lowest BCUT2D eigenvalue weighted by Crippen LogP contribution is -2.47. The minimum atomic E-state index is -1.05. The lowest BCUT2D eigenvalue weighted by atomic mass is 10.1. The Bertz CT molecular complexity index is 717. The normalized spacial score (nSPS) is 15.2. The number of esters is 1. The fourth-order valence-electron chi connectivity index (χ4n) is 3.13. The average Bonchev–Trinajstić information content (AvgIpc) is 2.92. The number of benzene rings is 1. The van der Waals surface area contributed by atoms with Crippen LogP contribution in [0.2, 0.25) is 0 Å². The van der Waals surface area contributed by atoms with Gasteiger partial charge >= 0.3 is 5.97 Å². The van der Waals surface area contributed by atoms with Crippen LogP contribution in [0.25, 0.3) is 0 Å². The summed E-state index contributed by atoms with van der Waals surface area (Å²) in [6, 6.07) is 5.40. The minimum absolute atomic E-state index is 0.0141. The first-order chi connectivity index (χ1) is 13.4. The molecule has 1 N–H and O–H groups in total. The van der Waals surface area contributed by atoms with Gasteiger partial charge in [-0.25, -0.2) is 4.79 Å². The second kappa shape index (κ2) is 10.3. The van der Waals surface area contributed by atoms with E-state index in [0.717, 1.165) is 17.7 Å². The number of nitrogens with zero attached hydrogens (tertiary/aromatic N) is 1. The van der Waals surface area contributed by atoms with Gasteiger partial charge in [-0.2, -0.15) is 11.8 Å². The van der Waals surface area contributed by atoms with E-state index in [2.05, 4.69) is 5.32 Å². The van der Waals surface area contributed by atoms with Crippen molar-refractivity contribution in [1.29, 1.82) is 0 Å². The van der Waals surface area contributed by atoms with Crippen LogP contribution in [0, 0.1) is 0 Å². The van der Waals surface area contributed by atoms with Gasteiger partial charge in [0.25, 0.3) is 17.7 Å². The number of imide groups is 1. The Kier molecular flexibility index (Phi) is 8.04. The monoisotopic (exact) mass is 406 g/mol. The third-order valence-electron chi connectivity index (χ3n) is 4.48. The molecule has 0 aliphatic carbocycles. The number of hydrogen-bond donors (Lipinski definition) is 1. The van der Waals surface area contributed by atoms with Gasteiger partial charge in [-0.3, -0.25) is 19.3 Å². The van der Waals surface area contributed by atoms with Crippen molar-refractivity contribution in [3.05, 3.63) is 35.4 Å². The molecule has 1 aromatic carbocycles. The number of carbonyl (C=O) groups is 4. The molecule has 3 amide bonds. The van der Waals surface area contributed by atoms with Crippen LogP contribution in [-0.2, 0) is 14.3 Å². The van der Waals surface area contributed by atoms with Crippen LogP contribution in [0.3, 0.4) is 0 Å². The van der Waals surface area contributed by atoms with Crippen molar-refractivity contribution < 1.29 is 23.9 Å². The Balaban J connectivity index is 2.07. The van der Waals surface area contributed by atoms with Crippen LogP contribution < -0.4 is 5.32 Å². The van der Waals surface area contributed by atoms with Crippen LogP contribution in [0.5, 0.6) is 0 Å². The van der Waals surface area contributed by atoms with Crippen LogP contribution >= 0.6 is 11.8 Å². The quantitative estimate of drug-likeness (QED) is 0.473. The summed E-state index contributed by atoms with van der Waals surface area (Å²) < 4.78 is 5.14. The SMILES string of the molecule is CCC[C@@H](C)NC(=O)COC(=O)[C@H](CCSC)N1C(=O)c2ccccc2C1=O. The summed E-state index contributed by atoms with van der Waals surface area (Å²) in [7, 11) is 0. The lowest BCUT2D eigenvalue weighted by molar-refractivity contribution is -0.152. The maximum atomic E-state index is 12.7. The number of hydrogen-bond acceptors (Lipinski definition) is 6. The predicted molar refractivity (Wildman–Crippen MR) is 107 cm³/mol. The van der Waals surface area contributed by atoms with Gasteiger partial charge in [-0.1, -0.05) is 25.5 Å². The molecule has 0 bridgehead atoms. The lowest BCUT2D eigenvalue weighted by Gasteiger charge is -2.24. The summed E-state index contributed by atoms with van der Waals surface area (Å²) in [5.41, 5.74) is 0.557. The molecule has 0 spiro atoms. The van der Waals surface area contributed by atoms with Gasteiger partial charge in [-0.15, -0.1) is 0 Å². The second-order valence-electron chi connectivity index (χ2n) is 6.69. The van der Waals surface area contributed by atoms with Crippen LogP contribution in [0.4, 0.5) is 0 Å². The summed E-state index contributed by atoms with van der Waals surface area (Å²) >= 11 is 1.49. The molecular weight excluding hydrogens is 380 g/mol. The Morgan fingerprint density at radius 3 is 2.29 bits per heavy atom. The fourth-order valence-corrected chi connectivity index (χ4v) is 3.59. The van der Waals surface area contributed by atoms with Crippen molar-refractivity contribution >= 4 is 35.5 Å². The number of ether oxygens (including phenoxy) is 1. The summed E-state index contributed by atoms with van der Waals surface area (Å²) in [6.45, 7) is 3.45. The highest BCUT2D eigenvalue weighted by molar-refractivity contribution is 7.98. The third-order valence-corrected chi connectivity index (χ3v) is 5.12. The standard InChI is InChI=1S/C20H26N2O5S/c1-4-7-13(2)21-17(23)12-27-20(26)16(10-11-28-3)22-18(24)14-8-5-6-9-15(14)19(22)25/h5-6,8-9,13,16H,4,7,10-12H2,1-3H3,(H,21,23)/t13-,16+/m1/s1. The molecule has 1 aromatic rings. The van der Waals surface area contributed by atoms with E-state index in [-0.39, 0.29) is 23.6 Å². The van der Waals surface area contributed by atoms with E-state index in [1.54, 1.807) is 24.3 Å². The zero-order valence-corrected chi connectivity index (χ0v) is 17.2. The topological polar surface area (TPSA) is 92.8 Å². The zero-order valence-electron chi connectivity index (χ0n) is 16.4. The summed E-state index contributed by atoms with van der Waals surface area (Å²) in [5.74, 6) is -1.61. The first-order valence-corrected chi connectivity index (χ1v) is 10.7. The van der Waals surface area contributed by atoms with Crippen LogP contribution in [-0.4, -0.2) is 59.3 Å². The Morgan fingerprint density at radius 1 is 1.14 bits per heavy atom. The highest BCUT2D eigenvalue weighted by Gasteiger charge is 2.43. The van der Waals surface area contributed by atoms with E-state index < -0.39 is 36.3 Å². The molecular formula is C20H26N2O5S. The minimum Gasteiger partial charge on any atom is -0.454 e. The van der Waals surface area contributed by atoms with Crippen LogP contribution in [0.1, 0.15) is 53.8 Å². The molecule has 0 aromatic heterocycles. The molecule has 28 heavy (non-hydrogen) atoms. The number of nitrogens with one attached hydrogen (secondary N) is 1. The van der Waals surface area contributed by atoms with Crippen molar-refractivity contribution in [1.82, 2.24) is 10.2 Å². The zero-order chi connectivity index (χ0) is 20.7. The molecule has 152 valence electrons. The molecule has 0 fully saturated rings. The summed E-state index contributed by atoms with van der Waals surface area (Å²) in [5, 5.41) is 2.75. The average molecular weight is 407 g/mol. The van der Waals surface area contributed by atoms with E-state index >= 15 is 0 Å². The Hall–Kier alpha value is -2.35. The number of carbonyl (C=O) groups excluding carboxylic acids is 4. The summed E-state index contributed by atoms with van der Waals surface area (Å²) in [4.78, 5) is 50.9. The van der Waals surface area contributed by atoms with Gasteiger partial charge in [0, 0.05) is 6.04 Å². The first-order valence-electron chi connectivity index (χ1n) is 9.32. The Labute approximate surface area is 169 Å². The molecule has 0 saturated carbocycles. The second-order valence-corrected chi connectivity index (χ2v) is 7.67. The van der Waals surface area contributed by atoms with Crippen molar-refractivity contribution in [2.75, 3.05) is 18.6 Å². The van der Waals surface area contributed by atoms with Gasteiger partial charge in [0.1, 0.15) is 6.04 Å². The predicted octanol–water partition coefficient (Wildman–Crippen LogP) is 2.25. The molecule has 2 rings (SSSR count). The van der Waals surface area contributed by atoms with E-state index in [1.807, 2.05) is 20.1 Å². The number of thioether (sulfide) groups is 1. The van der Waals surface area contributed by atoms with Gasteiger partial charge in [0.15, 0.2) is 6.61 Å². The molecule has 2 atom stereocenters. The molecule has 0 saturated heterocycles. The van der Waals surface area contributed by atoms with E-state index in [1.165, 1.54) is 11.8 Å². The molecule has 7 nitrogen and oxygen atoms in total. The van der Waals surface area contributed by atoms with Crippen molar-refractivity contribution in [3.8, 4) is 0 Å². The summed E-state index contributed by atoms with van der Waals surface area (Å²) in [6.07, 6.45) is 3.88. The highest BCUT2D eigenvalue weighted by atomic mass is 32.2. The molecule has 1 heterocycles. The highest BCUT2D eigenvalue weighted by Crippen LogP contribution is 2.26. The van der Waals surface area contributed by atoms with Crippen molar-refractivity contribution in [2.24, 2.45) is 0 Å². The van der Waals surface area contributed by atoms with Gasteiger partial charge < -0.3 is 10.1 Å². The van der Waals surface area contributed by atoms with E-state index in [9.17, 15) is 19.2 Å². The number of fused-ring (bicyclic) bond motifs is 1. The maximum absolute atomic E-state index is 12.7. The Morgan fingerprint density at radius 2 is 1.75 bits per heavy atom. The van der Waals surface area contributed by atoms with E-state index in [0.29, 0.717) is 5.75 Å². The molecule has 1 aliphatic heterocycles. The first kappa shape index (κ1) is 21.9. The number of rotatable bonds is 10. The molecule has 0 radical (unpaired) electrons. The van der Waals surface area contributed by atoms with Crippen molar-refractivity contribution in [3.63, 3.8) is 0 Å². The molecule has 1 aliphatic rings.